The lowest BCUT2D eigenvalue weighted by atomic mass is 9.56. The van der Waals surface area contributed by atoms with Crippen molar-refractivity contribution in [2.45, 2.75) is 162 Å². The summed E-state index contributed by atoms with van der Waals surface area (Å²) in [5.74, 6) is 0.153. The van der Waals surface area contributed by atoms with Crippen LogP contribution in [-0.2, 0) is 38.2 Å². The van der Waals surface area contributed by atoms with Gasteiger partial charge in [0.05, 0.1) is 53.6 Å². The van der Waals surface area contributed by atoms with Gasteiger partial charge < -0.3 is 26.0 Å². The second kappa shape index (κ2) is 19.7. The van der Waals surface area contributed by atoms with Gasteiger partial charge in [-0.15, -0.1) is 0 Å². The number of fused-ring (bicyclic) bond motifs is 4. The molecule has 0 aromatic heterocycles. The zero-order valence-electron chi connectivity index (χ0n) is 40.9. The van der Waals surface area contributed by atoms with Crippen molar-refractivity contribution in [3.8, 4) is 12.1 Å². The molecule has 2 aromatic carbocycles. The molecule has 0 radical (unpaired) electrons. The van der Waals surface area contributed by atoms with Crippen LogP contribution in [0.1, 0.15) is 148 Å². The van der Waals surface area contributed by atoms with Gasteiger partial charge >= 0.3 is 5.97 Å². The Morgan fingerprint density at radius 1 is 0.894 bits per heavy atom. The monoisotopic (exact) mass is 931 g/mol. The van der Waals surface area contributed by atoms with E-state index in [-0.39, 0.29) is 48.8 Å². The lowest BCUT2D eigenvalue weighted by molar-refractivity contribution is -0.161. The highest BCUT2D eigenvalue weighted by atomic mass is 32.1. The number of nitrogens with two attached hydrogens (primary N) is 1. The minimum absolute atomic E-state index is 0.0234. The standard InChI is InChI=1S/C25H32FN3O2.C21H28N2O3.C6H12FNS/c1-6-18-11-24(10-15(2)21(18)30)12-19-8-7-17(13-27)9-20(19)25(24)22(31)29(16(3)28-25)14-23(4,5)26;1-4-15-10-20(9-13(3)18(15)24)11-16-7-6-14(12-22)8-17(16)21(20,23)19(25)26-5-2;1-5(9)8-4-6(2,3)7/h7-9,15,18,21,30H,6,10-12,14H2,1-5H3;6-8,13,15,18,24H,4-5,9-11,23H2,1-3H3;4H2,1-3H3,(H,8,9)/t15-,18+,21+,24+,25+;13-,15+,18+,20+,21+;/m00./s1. The van der Waals surface area contributed by atoms with Gasteiger partial charge in [0, 0.05) is 17.4 Å². The van der Waals surface area contributed by atoms with E-state index in [9.17, 15) is 39.1 Å². The number of ether oxygens (including phenoxy) is 1. The Morgan fingerprint density at radius 3 is 1.83 bits per heavy atom. The number of halogens is 2. The van der Waals surface area contributed by atoms with E-state index < -0.39 is 45.3 Å². The number of nitrogens with zero attached hydrogens (tertiary/aromatic N) is 4. The van der Waals surface area contributed by atoms with Gasteiger partial charge in [-0.3, -0.25) is 14.7 Å². The molecule has 5 N–H and O–H groups in total. The van der Waals surface area contributed by atoms with Crippen molar-refractivity contribution in [3.63, 3.8) is 0 Å². The van der Waals surface area contributed by atoms with Crippen LogP contribution in [0.2, 0.25) is 0 Å². The van der Waals surface area contributed by atoms with Crippen molar-refractivity contribution >= 4 is 34.9 Å². The highest BCUT2D eigenvalue weighted by Gasteiger charge is 2.68. The van der Waals surface area contributed by atoms with Crippen LogP contribution < -0.4 is 11.1 Å². The first-order valence-corrected chi connectivity index (χ1v) is 24.0. The maximum Gasteiger partial charge on any atom is 0.331 e. The lowest BCUT2D eigenvalue weighted by Gasteiger charge is -2.50. The molecule has 5 aliphatic rings. The smallest absolute Gasteiger partial charge is 0.331 e. The predicted molar refractivity (Wildman–Crippen MR) is 257 cm³/mol. The van der Waals surface area contributed by atoms with Crippen molar-refractivity contribution in [2.75, 3.05) is 19.7 Å². The molecule has 66 heavy (non-hydrogen) atoms. The van der Waals surface area contributed by atoms with E-state index in [4.69, 9.17) is 15.5 Å². The number of esters is 1. The van der Waals surface area contributed by atoms with Crippen molar-refractivity contribution in [1.82, 2.24) is 10.2 Å². The number of carbonyl (C=O) groups is 2. The molecule has 3 spiro atoms. The van der Waals surface area contributed by atoms with Crippen LogP contribution in [0.5, 0.6) is 0 Å². The number of hydrogen-bond donors (Lipinski definition) is 4. The Bertz CT molecular complexity index is 2280. The van der Waals surface area contributed by atoms with Gasteiger partial charge in [-0.1, -0.05) is 64.9 Å². The maximum absolute atomic E-state index is 14.6. The Morgan fingerprint density at radius 2 is 1.38 bits per heavy atom. The Balaban J connectivity index is 0.000000211. The molecule has 360 valence electrons. The molecular weight excluding hydrogens is 859 g/mol. The number of carbonyl (C=O) groups excluding carboxylic acids is 2. The molecule has 11 nitrogen and oxygen atoms in total. The molecule has 0 bridgehead atoms. The average Bonchev–Trinajstić information content (AvgIpc) is 3.76. The van der Waals surface area contributed by atoms with Gasteiger partial charge in [0.2, 0.25) is 0 Å². The van der Waals surface area contributed by atoms with E-state index in [1.807, 2.05) is 26.0 Å². The van der Waals surface area contributed by atoms with E-state index in [0.29, 0.717) is 72.6 Å². The summed E-state index contributed by atoms with van der Waals surface area (Å²) in [5.41, 5.74) is 5.29. The van der Waals surface area contributed by atoms with E-state index in [2.05, 4.69) is 43.5 Å². The zero-order valence-corrected chi connectivity index (χ0v) is 41.7. The summed E-state index contributed by atoms with van der Waals surface area (Å²) in [5, 5.41) is 43.0. The number of hydrogen-bond acceptors (Lipinski definition) is 10. The maximum atomic E-state index is 14.6. The van der Waals surface area contributed by atoms with Crippen LogP contribution in [0, 0.1) is 57.2 Å². The summed E-state index contributed by atoms with van der Waals surface area (Å²) < 4.78 is 32.7. The largest absolute Gasteiger partial charge is 0.464 e. The highest BCUT2D eigenvalue weighted by molar-refractivity contribution is 7.80. The summed E-state index contributed by atoms with van der Waals surface area (Å²) in [4.78, 5) is 34.4. The first kappa shape index (κ1) is 52.6. The number of rotatable bonds is 8. The third-order valence-corrected chi connectivity index (χ3v) is 15.2. The minimum atomic E-state index is -1.55. The van der Waals surface area contributed by atoms with E-state index in [0.717, 1.165) is 29.5 Å². The van der Waals surface area contributed by atoms with Crippen molar-refractivity contribution in [1.29, 1.82) is 10.5 Å². The summed E-state index contributed by atoms with van der Waals surface area (Å²) in [6.07, 6.45) is 4.92. The van der Waals surface area contributed by atoms with Gasteiger partial charge in [0.25, 0.3) is 5.91 Å². The number of aliphatic hydroxyl groups excluding tert-OH is 2. The molecule has 10 atom stereocenters. The van der Waals surface area contributed by atoms with Gasteiger partial charge in [0.15, 0.2) is 5.54 Å². The number of nitriles is 2. The number of nitrogens with one attached hydrogen (secondary N) is 1. The van der Waals surface area contributed by atoms with Crippen LogP contribution in [0.25, 0.3) is 0 Å². The second-order valence-corrected chi connectivity index (χ2v) is 21.7. The number of benzene rings is 2. The number of alkyl halides is 2. The minimum Gasteiger partial charge on any atom is -0.464 e. The van der Waals surface area contributed by atoms with Crippen LogP contribution >= 0.6 is 12.2 Å². The molecule has 7 rings (SSSR count). The fourth-order valence-corrected chi connectivity index (χ4v) is 12.1. The summed E-state index contributed by atoms with van der Waals surface area (Å²) in [6.45, 7) is 20.0. The van der Waals surface area contributed by atoms with E-state index in [1.54, 1.807) is 45.0 Å². The quantitative estimate of drug-likeness (QED) is 0.148. The van der Waals surface area contributed by atoms with Crippen LogP contribution in [0.3, 0.4) is 0 Å². The third-order valence-electron chi connectivity index (χ3n) is 15.0. The SMILES string of the molecule is CC(=S)NCC(C)(C)F.CCOC(=O)[C@]1(N)c2cc(C#N)ccc2C[C@@]12C[C@@H](CC)[C@H](O)[C@@H](C)C2.CC[C@@H]1C[C@@]2(Cc3ccc(C#N)cc3[C@]23N=C(C)N(CC(C)(C)F)C3=O)C[C@H](C)[C@H]1O. The third kappa shape index (κ3) is 9.81. The molecule has 2 saturated carbocycles. The molecular formula is C52H72F2N6O5S. The van der Waals surface area contributed by atoms with Gasteiger partial charge in [0.1, 0.15) is 22.7 Å². The molecule has 1 amide bonds. The Kier molecular flexibility index (Phi) is 15.7. The Hall–Kier alpha value is -4.34. The zero-order chi connectivity index (χ0) is 49.4. The number of amides is 1. The number of aliphatic hydroxyl groups is 2. The van der Waals surface area contributed by atoms with Gasteiger partial charge in [-0.25, -0.2) is 13.6 Å². The first-order valence-electron chi connectivity index (χ1n) is 23.6. The van der Waals surface area contributed by atoms with Crippen LogP contribution in [-0.4, -0.2) is 81.1 Å². The van der Waals surface area contributed by atoms with Crippen molar-refractivity contribution < 1.29 is 33.3 Å². The van der Waals surface area contributed by atoms with Gasteiger partial charge in [-0.2, -0.15) is 10.5 Å². The number of aliphatic imine (C=N–C) groups is 1. The topological polar surface area (TPSA) is 185 Å². The molecule has 2 aromatic rings. The summed E-state index contributed by atoms with van der Waals surface area (Å²) in [6, 6.07) is 15.3. The molecule has 0 unspecified atom stereocenters. The van der Waals surface area contributed by atoms with Crippen LogP contribution in [0.15, 0.2) is 41.4 Å². The molecule has 14 heteroatoms. The highest BCUT2D eigenvalue weighted by Crippen LogP contribution is 2.64. The molecule has 2 fully saturated rings. The number of amidine groups is 1. The van der Waals surface area contributed by atoms with E-state index >= 15 is 0 Å². The predicted octanol–water partition coefficient (Wildman–Crippen LogP) is 8.43. The fourth-order valence-electron chi connectivity index (χ4n) is 12.0. The second-order valence-electron chi connectivity index (χ2n) is 21.1. The fraction of sp³-hybridized carbons (Fsp3) is 0.654. The lowest BCUT2D eigenvalue weighted by Crippen LogP contribution is -2.60. The Labute approximate surface area is 396 Å². The van der Waals surface area contributed by atoms with Crippen molar-refractivity contribution in [3.05, 3.63) is 69.8 Å². The number of thiocarbonyl (C=S) groups is 1. The first-order chi connectivity index (χ1) is 30.7. The molecule has 1 aliphatic heterocycles. The van der Waals surface area contributed by atoms with Gasteiger partial charge in [-0.05, 0) is 157 Å². The van der Waals surface area contributed by atoms with Crippen molar-refractivity contribution in [2.24, 2.45) is 45.2 Å². The van der Waals surface area contributed by atoms with Crippen LogP contribution in [0.4, 0.5) is 8.78 Å². The van der Waals surface area contributed by atoms with E-state index in [1.165, 1.54) is 32.6 Å². The summed E-state index contributed by atoms with van der Waals surface area (Å²) >= 11 is 4.69. The average molecular weight is 931 g/mol. The molecule has 1 heterocycles. The normalized spacial score (nSPS) is 32.0. The summed E-state index contributed by atoms with van der Waals surface area (Å²) in [7, 11) is 0. The molecule has 0 saturated heterocycles. The molecule has 4 aliphatic carbocycles.